The maximum absolute atomic E-state index is 13.2. The van der Waals surface area contributed by atoms with Crippen molar-refractivity contribution < 1.29 is 14.1 Å². The smallest absolute Gasteiger partial charge is 0.353 e. The molecular formula is C12H11BrFN3O3. The Bertz CT molecular complexity index is 672. The number of ether oxygens (including phenoxy) is 1. The summed E-state index contributed by atoms with van der Waals surface area (Å²) in [5.41, 5.74) is 0.0300. The summed E-state index contributed by atoms with van der Waals surface area (Å²) >= 11 is 3.21. The number of hydrogen-bond donors (Lipinski definition) is 0. The molecule has 1 aromatic carbocycles. The molecule has 0 amide bonds. The van der Waals surface area contributed by atoms with E-state index in [4.69, 9.17) is 4.74 Å². The summed E-state index contributed by atoms with van der Waals surface area (Å²) in [4.78, 5) is 10.5. The molecule has 2 rings (SSSR count). The van der Waals surface area contributed by atoms with Gasteiger partial charge in [-0.25, -0.2) is 9.07 Å². The monoisotopic (exact) mass is 343 g/mol. The van der Waals surface area contributed by atoms with Crippen molar-refractivity contribution in [3.63, 3.8) is 0 Å². The van der Waals surface area contributed by atoms with Crippen LogP contribution in [0.4, 0.5) is 10.1 Å². The molecule has 0 spiro atoms. The van der Waals surface area contributed by atoms with Gasteiger partial charge in [-0.3, -0.25) is 10.1 Å². The number of hydrogen-bond acceptors (Lipinski definition) is 4. The maximum atomic E-state index is 13.2. The van der Waals surface area contributed by atoms with Gasteiger partial charge in [-0.1, -0.05) is 0 Å². The topological polar surface area (TPSA) is 70.2 Å². The van der Waals surface area contributed by atoms with E-state index in [0.29, 0.717) is 11.0 Å². The lowest BCUT2D eigenvalue weighted by Crippen LogP contribution is -2.01. The van der Waals surface area contributed by atoms with Gasteiger partial charge in [0.1, 0.15) is 17.3 Å². The zero-order valence-corrected chi connectivity index (χ0v) is 12.3. The van der Waals surface area contributed by atoms with Crippen LogP contribution < -0.4 is 4.74 Å². The largest absolute Gasteiger partial charge is 0.433 e. The van der Waals surface area contributed by atoms with Gasteiger partial charge in [0.15, 0.2) is 0 Å². The average Bonchev–Trinajstić information content (AvgIpc) is 2.70. The number of aryl methyl sites for hydroxylation is 2. The van der Waals surface area contributed by atoms with Gasteiger partial charge in [0.2, 0.25) is 0 Å². The van der Waals surface area contributed by atoms with Crippen LogP contribution in [0.25, 0.3) is 0 Å². The van der Waals surface area contributed by atoms with E-state index in [2.05, 4.69) is 21.0 Å². The normalized spacial score (nSPS) is 10.6. The molecule has 20 heavy (non-hydrogen) atoms. The molecule has 0 bridgehead atoms. The zero-order valence-electron chi connectivity index (χ0n) is 10.8. The minimum Gasteiger partial charge on any atom is -0.433 e. The second-order valence-corrected chi connectivity index (χ2v) is 4.84. The standard InChI is InChI=1S/C12H11BrFN3O3/c1-3-16-12(11(17(18)19)7(2)15-16)20-10-6-8(14)4-5-9(10)13/h4-6H,3H2,1-2H3. The van der Waals surface area contributed by atoms with Gasteiger partial charge in [-0.05, 0) is 41.9 Å². The minimum absolute atomic E-state index is 0.0127. The lowest BCUT2D eigenvalue weighted by atomic mass is 10.3. The van der Waals surface area contributed by atoms with Crippen molar-refractivity contribution in [3.8, 4) is 11.6 Å². The number of halogens is 2. The summed E-state index contributed by atoms with van der Waals surface area (Å²) in [6, 6.07) is 3.87. The van der Waals surface area contributed by atoms with E-state index in [0.717, 1.165) is 6.07 Å². The molecule has 0 radical (unpaired) electrons. The highest BCUT2D eigenvalue weighted by Gasteiger charge is 2.27. The first-order valence-electron chi connectivity index (χ1n) is 5.78. The molecule has 0 saturated carbocycles. The summed E-state index contributed by atoms with van der Waals surface area (Å²) in [5, 5.41) is 15.1. The van der Waals surface area contributed by atoms with Crippen molar-refractivity contribution in [1.82, 2.24) is 9.78 Å². The first-order chi connectivity index (χ1) is 9.43. The van der Waals surface area contributed by atoms with Crippen LogP contribution in [0.1, 0.15) is 12.6 Å². The van der Waals surface area contributed by atoms with Gasteiger partial charge in [0, 0.05) is 12.6 Å². The average molecular weight is 344 g/mol. The number of nitro groups is 1. The summed E-state index contributed by atoms with van der Waals surface area (Å²) in [6.07, 6.45) is 0. The molecule has 0 aliphatic carbocycles. The van der Waals surface area contributed by atoms with Crippen molar-refractivity contribution in [3.05, 3.63) is 44.3 Å². The number of aromatic nitrogens is 2. The predicted molar refractivity (Wildman–Crippen MR) is 73.5 cm³/mol. The predicted octanol–water partition coefficient (Wildman–Crippen LogP) is 3.81. The fourth-order valence-electron chi connectivity index (χ4n) is 1.74. The Labute approximate surface area is 122 Å². The lowest BCUT2D eigenvalue weighted by molar-refractivity contribution is -0.386. The molecule has 106 valence electrons. The molecule has 0 fully saturated rings. The first-order valence-corrected chi connectivity index (χ1v) is 6.58. The van der Waals surface area contributed by atoms with Crippen molar-refractivity contribution >= 4 is 21.6 Å². The van der Waals surface area contributed by atoms with Crippen LogP contribution in [0.15, 0.2) is 22.7 Å². The fourth-order valence-corrected chi connectivity index (χ4v) is 2.06. The third kappa shape index (κ3) is 2.64. The Kier molecular flexibility index (Phi) is 4.03. The summed E-state index contributed by atoms with van der Waals surface area (Å²) in [7, 11) is 0. The van der Waals surface area contributed by atoms with Crippen molar-refractivity contribution in [2.75, 3.05) is 0 Å². The van der Waals surface area contributed by atoms with Crippen LogP contribution in [-0.4, -0.2) is 14.7 Å². The van der Waals surface area contributed by atoms with Crippen LogP contribution in [-0.2, 0) is 6.54 Å². The molecule has 8 heteroatoms. The van der Waals surface area contributed by atoms with Gasteiger partial charge in [-0.2, -0.15) is 5.10 Å². The molecule has 0 aliphatic rings. The van der Waals surface area contributed by atoms with Gasteiger partial charge >= 0.3 is 5.69 Å². The van der Waals surface area contributed by atoms with E-state index in [1.165, 1.54) is 23.7 Å². The maximum Gasteiger partial charge on any atom is 0.353 e. The number of benzene rings is 1. The summed E-state index contributed by atoms with van der Waals surface area (Å²) in [5.74, 6) is -0.353. The number of rotatable bonds is 4. The van der Waals surface area contributed by atoms with Crippen LogP contribution in [0.2, 0.25) is 0 Å². The van der Waals surface area contributed by atoms with E-state index in [9.17, 15) is 14.5 Å². The zero-order chi connectivity index (χ0) is 14.9. The van der Waals surface area contributed by atoms with E-state index >= 15 is 0 Å². The highest BCUT2D eigenvalue weighted by Crippen LogP contribution is 2.37. The molecule has 0 unspecified atom stereocenters. The van der Waals surface area contributed by atoms with Crippen LogP contribution in [0.5, 0.6) is 11.6 Å². The van der Waals surface area contributed by atoms with Crippen molar-refractivity contribution in [2.24, 2.45) is 0 Å². The quantitative estimate of drug-likeness (QED) is 0.625. The molecule has 2 aromatic rings. The molecule has 0 N–H and O–H groups in total. The Balaban J connectivity index is 2.52. The van der Waals surface area contributed by atoms with E-state index in [-0.39, 0.29) is 23.0 Å². The van der Waals surface area contributed by atoms with Crippen molar-refractivity contribution in [1.29, 1.82) is 0 Å². The van der Waals surface area contributed by atoms with E-state index in [1.807, 2.05) is 0 Å². The van der Waals surface area contributed by atoms with Gasteiger partial charge in [0.05, 0.1) is 9.40 Å². The van der Waals surface area contributed by atoms with Gasteiger partial charge in [-0.15, -0.1) is 0 Å². The summed E-state index contributed by atoms with van der Waals surface area (Å²) < 4.78 is 20.6. The van der Waals surface area contributed by atoms with Crippen LogP contribution in [0, 0.1) is 22.9 Å². The molecule has 6 nitrogen and oxygen atoms in total. The Hall–Kier alpha value is -1.96. The van der Waals surface area contributed by atoms with Gasteiger partial charge < -0.3 is 4.74 Å². The second-order valence-electron chi connectivity index (χ2n) is 3.99. The van der Waals surface area contributed by atoms with Crippen molar-refractivity contribution in [2.45, 2.75) is 20.4 Å². The first kappa shape index (κ1) is 14.4. The number of nitrogens with zero attached hydrogens (tertiary/aromatic N) is 3. The Morgan fingerprint density at radius 3 is 2.85 bits per heavy atom. The molecule has 0 atom stereocenters. The molecule has 1 aromatic heterocycles. The molecular weight excluding hydrogens is 333 g/mol. The minimum atomic E-state index is -0.559. The lowest BCUT2D eigenvalue weighted by Gasteiger charge is -2.08. The van der Waals surface area contributed by atoms with Crippen LogP contribution >= 0.6 is 15.9 Å². The Morgan fingerprint density at radius 2 is 2.25 bits per heavy atom. The van der Waals surface area contributed by atoms with Crippen LogP contribution in [0.3, 0.4) is 0 Å². The van der Waals surface area contributed by atoms with E-state index < -0.39 is 10.7 Å². The molecule has 1 heterocycles. The summed E-state index contributed by atoms with van der Waals surface area (Å²) in [6.45, 7) is 3.71. The highest BCUT2D eigenvalue weighted by atomic mass is 79.9. The second kappa shape index (κ2) is 5.58. The fraction of sp³-hybridized carbons (Fsp3) is 0.250. The SMILES string of the molecule is CCn1nc(C)c([N+](=O)[O-])c1Oc1cc(F)ccc1Br. The van der Waals surface area contributed by atoms with Gasteiger partial charge in [0.25, 0.3) is 5.88 Å². The molecule has 0 aliphatic heterocycles. The third-order valence-corrected chi connectivity index (χ3v) is 3.29. The van der Waals surface area contributed by atoms with E-state index in [1.54, 1.807) is 6.92 Å². The highest BCUT2D eigenvalue weighted by molar-refractivity contribution is 9.10. The Morgan fingerprint density at radius 1 is 1.55 bits per heavy atom. The molecule has 0 saturated heterocycles. The third-order valence-electron chi connectivity index (χ3n) is 2.63.